The third kappa shape index (κ3) is 5.87. The zero-order chi connectivity index (χ0) is 41.4. The highest BCUT2D eigenvalue weighted by atomic mass is 32.1. The summed E-state index contributed by atoms with van der Waals surface area (Å²) in [7, 11) is 0. The predicted molar refractivity (Wildman–Crippen MR) is 263 cm³/mol. The van der Waals surface area contributed by atoms with Crippen molar-refractivity contribution in [3.63, 3.8) is 0 Å². The summed E-state index contributed by atoms with van der Waals surface area (Å²) < 4.78 is 6.94. The van der Waals surface area contributed by atoms with Gasteiger partial charge in [-0.2, -0.15) is 0 Å². The monoisotopic (exact) mass is 840 g/mol. The SMILES string of the molecule is c1ccc(-c2nc(-c3ccccc3)nc(-c3cccc4sc5cc(-c6nc(-c7ccc8c9ccccc9n(-c9ccccc9)c8c7)nc7c6sc6ccccc67)ccc5c34)n2)cc1. The summed E-state index contributed by atoms with van der Waals surface area (Å²) in [6.07, 6.45) is 0. The Balaban J connectivity index is 0.996. The van der Waals surface area contributed by atoms with Crippen LogP contribution < -0.4 is 0 Å². The first-order valence-corrected chi connectivity index (χ1v) is 22.5. The number of aromatic nitrogens is 6. The molecular weight excluding hydrogens is 809 g/mol. The minimum atomic E-state index is 0.644. The van der Waals surface area contributed by atoms with Crippen molar-refractivity contribution >= 4 is 85.0 Å². The number of nitrogens with zero attached hydrogens (tertiary/aromatic N) is 6. The largest absolute Gasteiger partial charge is 0.309 e. The molecule has 0 aliphatic rings. The van der Waals surface area contributed by atoms with Crippen molar-refractivity contribution in [3.8, 4) is 62.5 Å². The fraction of sp³-hybridized carbons (Fsp3) is 0. The summed E-state index contributed by atoms with van der Waals surface area (Å²) in [6, 6.07) is 67.9. The second kappa shape index (κ2) is 14.3. The topological polar surface area (TPSA) is 69.4 Å². The molecule has 0 bridgehead atoms. The highest BCUT2D eigenvalue weighted by molar-refractivity contribution is 7.26. The normalized spacial score (nSPS) is 11.8. The average molecular weight is 841 g/mol. The van der Waals surface area contributed by atoms with Gasteiger partial charge in [0, 0.05) is 74.5 Å². The maximum Gasteiger partial charge on any atom is 0.164 e. The van der Waals surface area contributed by atoms with Crippen LogP contribution in [0.15, 0.2) is 194 Å². The van der Waals surface area contributed by atoms with Crippen LogP contribution in [0, 0.1) is 0 Å². The Bertz CT molecular complexity index is 3850. The molecule has 8 aromatic carbocycles. The fourth-order valence-electron chi connectivity index (χ4n) is 8.97. The molecule has 0 spiro atoms. The Hall–Kier alpha value is -7.91. The Kier molecular flexibility index (Phi) is 8.15. The molecule has 0 saturated heterocycles. The molecule has 13 rings (SSSR count). The molecule has 0 N–H and O–H groups in total. The summed E-state index contributed by atoms with van der Waals surface area (Å²) in [5.41, 5.74) is 10.2. The van der Waals surface area contributed by atoms with Crippen LogP contribution in [0.5, 0.6) is 0 Å². The average Bonchev–Trinajstić information content (AvgIpc) is 4.03. The molecule has 0 unspecified atom stereocenters. The lowest BCUT2D eigenvalue weighted by atomic mass is 10.0. The number of hydrogen-bond acceptors (Lipinski definition) is 7. The van der Waals surface area contributed by atoms with Crippen LogP contribution in [0.2, 0.25) is 0 Å². The Labute approximate surface area is 369 Å². The second-order valence-electron chi connectivity index (χ2n) is 15.6. The Morgan fingerprint density at radius 3 is 1.73 bits per heavy atom. The third-order valence-corrected chi connectivity index (χ3v) is 14.2. The van der Waals surface area contributed by atoms with Crippen LogP contribution in [0.3, 0.4) is 0 Å². The lowest BCUT2D eigenvalue weighted by Crippen LogP contribution is -2.00. The van der Waals surface area contributed by atoms with Gasteiger partial charge in [0.15, 0.2) is 23.3 Å². The van der Waals surface area contributed by atoms with Crippen molar-refractivity contribution in [1.29, 1.82) is 0 Å². The van der Waals surface area contributed by atoms with Gasteiger partial charge < -0.3 is 4.57 Å². The zero-order valence-corrected chi connectivity index (χ0v) is 35.1. The lowest BCUT2D eigenvalue weighted by Gasteiger charge is -2.10. The van der Waals surface area contributed by atoms with Gasteiger partial charge in [0.1, 0.15) is 0 Å². The molecule has 0 atom stereocenters. The van der Waals surface area contributed by atoms with E-state index in [1.807, 2.05) is 60.7 Å². The quantitative estimate of drug-likeness (QED) is 0.167. The first-order chi connectivity index (χ1) is 31.2. The van der Waals surface area contributed by atoms with Crippen molar-refractivity contribution in [3.05, 3.63) is 194 Å². The van der Waals surface area contributed by atoms with Crippen LogP contribution in [-0.4, -0.2) is 29.5 Å². The summed E-state index contributed by atoms with van der Waals surface area (Å²) in [5, 5.41) is 5.83. The van der Waals surface area contributed by atoms with Crippen LogP contribution in [0.1, 0.15) is 0 Å². The van der Waals surface area contributed by atoms with Gasteiger partial charge in [-0.1, -0.05) is 152 Å². The molecule has 0 aliphatic heterocycles. The van der Waals surface area contributed by atoms with Crippen LogP contribution >= 0.6 is 22.7 Å². The number of benzene rings is 8. The highest BCUT2D eigenvalue weighted by Crippen LogP contribution is 2.44. The molecule has 8 heteroatoms. The summed E-state index contributed by atoms with van der Waals surface area (Å²) in [6.45, 7) is 0. The summed E-state index contributed by atoms with van der Waals surface area (Å²) in [4.78, 5) is 26.0. The number of hydrogen-bond donors (Lipinski definition) is 0. The molecule has 63 heavy (non-hydrogen) atoms. The van der Waals surface area contributed by atoms with Crippen molar-refractivity contribution in [2.45, 2.75) is 0 Å². The first kappa shape index (κ1) is 35.8. The molecule has 0 saturated carbocycles. The predicted octanol–water partition coefficient (Wildman–Crippen LogP) is 14.8. The van der Waals surface area contributed by atoms with Gasteiger partial charge in [-0.3, -0.25) is 0 Å². The molecule has 0 aliphatic carbocycles. The molecule has 13 aromatic rings. The Morgan fingerprint density at radius 2 is 0.952 bits per heavy atom. The van der Waals surface area contributed by atoms with Gasteiger partial charge in [-0.25, -0.2) is 24.9 Å². The van der Waals surface area contributed by atoms with Gasteiger partial charge in [0.2, 0.25) is 0 Å². The van der Waals surface area contributed by atoms with Gasteiger partial charge in [-0.15, -0.1) is 22.7 Å². The van der Waals surface area contributed by atoms with Gasteiger partial charge >= 0.3 is 0 Å². The van der Waals surface area contributed by atoms with E-state index in [0.717, 1.165) is 71.1 Å². The molecule has 0 radical (unpaired) electrons. The minimum Gasteiger partial charge on any atom is -0.309 e. The van der Waals surface area contributed by atoms with Gasteiger partial charge in [-0.05, 0) is 42.5 Å². The second-order valence-corrected chi connectivity index (χ2v) is 17.8. The molecule has 6 nitrogen and oxygen atoms in total. The van der Waals surface area contributed by atoms with Crippen LogP contribution in [-0.2, 0) is 0 Å². The van der Waals surface area contributed by atoms with E-state index in [2.05, 4.69) is 138 Å². The molecule has 0 fully saturated rings. The highest BCUT2D eigenvalue weighted by Gasteiger charge is 2.21. The molecule has 5 heterocycles. The minimum absolute atomic E-state index is 0.644. The maximum atomic E-state index is 5.47. The van der Waals surface area contributed by atoms with E-state index in [4.69, 9.17) is 24.9 Å². The van der Waals surface area contributed by atoms with Crippen LogP contribution in [0.25, 0.3) is 125 Å². The van der Waals surface area contributed by atoms with E-state index in [9.17, 15) is 0 Å². The van der Waals surface area contributed by atoms with Crippen molar-refractivity contribution < 1.29 is 0 Å². The standard InChI is InChI=1S/C55H32N6S2/c1-4-15-33(16-5-1)52-58-53(34-17-6-2-7-18-34)60-55(59-52)42-23-14-26-46-48(42)40-30-27-35(32-47(40)62-46)49-51-50(41-22-11-13-25-45(41)63-51)57-54(56-49)36-28-29-39-38-21-10-12-24-43(38)61(44(39)31-36)37-19-8-3-9-20-37/h1-32H. The molecular formula is C55H32N6S2. The fourth-order valence-corrected chi connectivity index (χ4v) is 11.3. The van der Waals surface area contributed by atoms with Gasteiger partial charge in [0.25, 0.3) is 0 Å². The van der Waals surface area contributed by atoms with Crippen molar-refractivity contribution in [1.82, 2.24) is 29.5 Å². The van der Waals surface area contributed by atoms with Gasteiger partial charge in [0.05, 0.1) is 26.9 Å². The number of rotatable bonds is 6. The van der Waals surface area contributed by atoms with Crippen molar-refractivity contribution in [2.75, 3.05) is 0 Å². The molecule has 5 aromatic heterocycles. The van der Waals surface area contributed by atoms with E-state index in [1.54, 1.807) is 22.7 Å². The number of fused-ring (bicyclic) bond motifs is 9. The first-order valence-electron chi connectivity index (χ1n) is 20.8. The smallest absolute Gasteiger partial charge is 0.164 e. The van der Waals surface area contributed by atoms with Crippen molar-refractivity contribution in [2.24, 2.45) is 0 Å². The Morgan fingerprint density at radius 1 is 0.349 bits per heavy atom. The number of para-hydroxylation sites is 2. The summed E-state index contributed by atoms with van der Waals surface area (Å²) in [5.74, 6) is 2.63. The summed E-state index contributed by atoms with van der Waals surface area (Å²) >= 11 is 3.53. The molecule has 0 amide bonds. The third-order valence-electron chi connectivity index (χ3n) is 11.9. The van der Waals surface area contributed by atoms with E-state index in [0.29, 0.717) is 23.3 Å². The van der Waals surface area contributed by atoms with Crippen LogP contribution in [0.4, 0.5) is 0 Å². The van der Waals surface area contributed by atoms with E-state index < -0.39 is 0 Å². The molecule has 294 valence electrons. The number of thiophene rings is 2. The van der Waals surface area contributed by atoms with E-state index >= 15 is 0 Å². The lowest BCUT2D eigenvalue weighted by molar-refractivity contribution is 1.08. The maximum absolute atomic E-state index is 5.47. The van der Waals surface area contributed by atoms with E-state index in [1.165, 1.54) is 30.4 Å². The zero-order valence-electron chi connectivity index (χ0n) is 33.5. The van der Waals surface area contributed by atoms with E-state index in [-0.39, 0.29) is 0 Å².